The van der Waals surface area contributed by atoms with Gasteiger partial charge in [-0.2, -0.15) is 0 Å². The molecule has 0 aromatic carbocycles. The van der Waals surface area contributed by atoms with E-state index in [0.29, 0.717) is 19.0 Å². The fourth-order valence-electron chi connectivity index (χ4n) is 1.46. The van der Waals surface area contributed by atoms with Crippen LogP contribution in [0.3, 0.4) is 0 Å². The van der Waals surface area contributed by atoms with E-state index in [1.165, 1.54) is 12.8 Å². The van der Waals surface area contributed by atoms with Gasteiger partial charge in [0.05, 0.1) is 13.1 Å². The van der Waals surface area contributed by atoms with Crippen LogP contribution in [0.2, 0.25) is 0 Å². The van der Waals surface area contributed by atoms with E-state index in [1.54, 1.807) is 4.90 Å². The van der Waals surface area contributed by atoms with Crippen LogP contribution < -0.4 is 5.32 Å². The van der Waals surface area contributed by atoms with E-state index in [0.717, 1.165) is 19.5 Å². The molecule has 1 saturated carbocycles. The third-order valence-corrected chi connectivity index (χ3v) is 2.51. The van der Waals surface area contributed by atoms with E-state index in [9.17, 15) is 4.79 Å². The second kappa shape index (κ2) is 6.47. The summed E-state index contributed by atoms with van der Waals surface area (Å²) in [5, 5.41) is 3.11. The number of nitrogens with one attached hydrogen (secondary N) is 1. The Morgan fingerprint density at radius 3 is 2.87 bits per heavy atom. The van der Waals surface area contributed by atoms with Crippen LogP contribution >= 0.6 is 0 Å². The van der Waals surface area contributed by atoms with Gasteiger partial charge >= 0.3 is 0 Å². The molecule has 0 spiro atoms. The van der Waals surface area contributed by atoms with Crippen molar-refractivity contribution in [1.29, 1.82) is 0 Å². The van der Waals surface area contributed by atoms with E-state index >= 15 is 0 Å². The first-order valence-electron chi connectivity index (χ1n) is 5.69. The second-order valence-electron chi connectivity index (χ2n) is 4.10. The van der Waals surface area contributed by atoms with Crippen molar-refractivity contribution in [3.05, 3.63) is 0 Å². The predicted octanol–water partition coefficient (Wildman–Crippen LogP) is 0.858. The van der Waals surface area contributed by atoms with Crippen LogP contribution in [0, 0.1) is 18.3 Å². The largest absolute Gasteiger partial charge is 0.330 e. The molecule has 0 saturated heterocycles. The molecule has 0 atom stereocenters. The van der Waals surface area contributed by atoms with Crippen molar-refractivity contribution in [3.8, 4) is 12.3 Å². The minimum absolute atomic E-state index is 0.133. The fourth-order valence-corrected chi connectivity index (χ4v) is 1.46. The highest BCUT2D eigenvalue weighted by atomic mass is 16.2. The van der Waals surface area contributed by atoms with Crippen LogP contribution in [-0.4, -0.2) is 37.0 Å². The van der Waals surface area contributed by atoms with Gasteiger partial charge < -0.3 is 10.2 Å². The molecule has 1 fully saturated rings. The van der Waals surface area contributed by atoms with Crippen molar-refractivity contribution in [2.24, 2.45) is 5.92 Å². The van der Waals surface area contributed by atoms with E-state index in [-0.39, 0.29) is 5.91 Å². The summed E-state index contributed by atoms with van der Waals surface area (Å²) in [6, 6.07) is 0. The lowest BCUT2D eigenvalue weighted by Gasteiger charge is -2.20. The maximum atomic E-state index is 11.7. The Labute approximate surface area is 92.2 Å². The molecular formula is C12H20N2O. The summed E-state index contributed by atoms with van der Waals surface area (Å²) in [5.41, 5.74) is 0. The fraction of sp³-hybridized carbons (Fsp3) is 0.750. The third kappa shape index (κ3) is 4.85. The van der Waals surface area contributed by atoms with Crippen LogP contribution in [0.25, 0.3) is 0 Å². The monoisotopic (exact) mass is 208 g/mol. The number of nitrogens with zero attached hydrogens (tertiary/aromatic N) is 1. The quantitative estimate of drug-likeness (QED) is 0.497. The molecule has 1 N–H and O–H groups in total. The summed E-state index contributed by atoms with van der Waals surface area (Å²) in [5.74, 6) is 3.38. The van der Waals surface area contributed by atoms with E-state index < -0.39 is 0 Å². The minimum Gasteiger partial charge on any atom is -0.330 e. The first-order valence-corrected chi connectivity index (χ1v) is 5.69. The van der Waals surface area contributed by atoms with Gasteiger partial charge in [0.2, 0.25) is 5.91 Å². The van der Waals surface area contributed by atoms with Crippen molar-refractivity contribution in [2.45, 2.75) is 26.2 Å². The number of carbonyl (C=O) groups is 1. The first-order chi connectivity index (χ1) is 7.27. The molecule has 84 valence electrons. The van der Waals surface area contributed by atoms with Crippen LogP contribution in [0.15, 0.2) is 0 Å². The van der Waals surface area contributed by atoms with Crippen molar-refractivity contribution >= 4 is 5.91 Å². The normalized spacial score (nSPS) is 14.7. The molecule has 0 aliphatic heterocycles. The van der Waals surface area contributed by atoms with E-state index in [1.807, 2.05) is 0 Å². The molecule has 1 aliphatic rings. The summed E-state index contributed by atoms with van der Waals surface area (Å²) in [6.07, 6.45) is 8.79. The first kappa shape index (κ1) is 12.1. The Hall–Kier alpha value is -1.01. The molecule has 0 heterocycles. The smallest absolute Gasteiger partial charge is 0.237 e. The van der Waals surface area contributed by atoms with E-state index in [4.69, 9.17) is 6.42 Å². The molecular weight excluding hydrogens is 188 g/mol. The zero-order valence-electron chi connectivity index (χ0n) is 9.46. The topological polar surface area (TPSA) is 32.3 Å². The summed E-state index contributed by atoms with van der Waals surface area (Å²) in [4.78, 5) is 13.5. The molecule has 1 aliphatic carbocycles. The van der Waals surface area contributed by atoms with E-state index in [2.05, 4.69) is 18.2 Å². The third-order valence-electron chi connectivity index (χ3n) is 2.51. The summed E-state index contributed by atoms with van der Waals surface area (Å²) in [7, 11) is 0. The molecule has 0 unspecified atom stereocenters. The molecule has 0 radical (unpaired) electrons. The van der Waals surface area contributed by atoms with Gasteiger partial charge in [-0.3, -0.25) is 4.79 Å². The molecule has 1 amide bonds. The van der Waals surface area contributed by atoms with Gasteiger partial charge in [0.15, 0.2) is 0 Å². The van der Waals surface area contributed by atoms with Gasteiger partial charge in [-0.1, -0.05) is 12.8 Å². The van der Waals surface area contributed by atoms with Crippen LogP contribution in [-0.2, 0) is 4.79 Å². The average Bonchev–Trinajstić information content (AvgIpc) is 3.01. The molecule has 15 heavy (non-hydrogen) atoms. The summed E-state index contributed by atoms with van der Waals surface area (Å²) < 4.78 is 0. The van der Waals surface area contributed by atoms with Crippen molar-refractivity contribution in [1.82, 2.24) is 10.2 Å². The predicted molar refractivity (Wildman–Crippen MR) is 61.3 cm³/mol. The van der Waals surface area contributed by atoms with Gasteiger partial charge in [0.1, 0.15) is 0 Å². The SMILES string of the molecule is C#CCN(CC1CC1)C(=O)CNCCC. The lowest BCUT2D eigenvalue weighted by molar-refractivity contribution is -0.129. The van der Waals surface area contributed by atoms with Crippen LogP contribution in [0.1, 0.15) is 26.2 Å². The maximum Gasteiger partial charge on any atom is 0.237 e. The number of carbonyl (C=O) groups excluding carboxylic acids is 1. The Balaban J connectivity index is 2.26. The van der Waals surface area contributed by atoms with Crippen molar-refractivity contribution in [3.63, 3.8) is 0 Å². The maximum absolute atomic E-state index is 11.7. The van der Waals surface area contributed by atoms with Crippen LogP contribution in [0.5, 0.6) is 0 Å². The Bertz CT molecular complexity index is 240. The molecule has 1 rings (SSSR count). The summed E-state index contributed by atoms with van der Waals surface area (Å²) >= 11 is 0. The number of hydrogen-bond acceptors (Lipinski definition) is 2. The zero-order valence-corrected chi connectivity index (χ0v) is 9.46. The molecule has 0 aromatic rings. The lowest BCUT2D eigenvalue weighted by Crippen LogP contribution is -2.39. The van der Waals surface area contributed by atoms with Gasteiger partial charge in [0.25, 0.3) is 0 Å². The number of rotatable bonds is 7. The Morgan fingerprint density at radius 1 is 1.60 bits per heavy atom. The highest BCUT2D eigenvalue weighted by molar-refractivity contribution is 5.78. The summed E-state index contributed by atoms with van der Waals surface area (Å²) in [6.45, 7) is 4.68. The lowest BCUT2D eigenvalue weighted by atomic mass is 10.3. The number of terminal acetylenes is 1. The number of hydrogen-bond donors (Lipinski definition) is 1. The van der Waals surface area contributed by atoms with Gasteiger partial charge in [0, 0.05) is 6.54 Å². The highest BCUT2D eigenvalue weighted by Crippen LogP contribution is 2.29. The zero-order chi connectivity index (χ0) is 11.1. The standard InChI is InChI=1S/C12H20N2O/c1-3-7-13-9-12(15)14(8-4-2)10-11-5-6-11/h2,11,13H,3,5-10H2,1H3. The highest BCUT2D eigenvalue weighted by Gasteiger charge is 2.25. The molecule has 3 heteroatoms. The average molecular weight is 208 g/mol. The van der Waals surface area contributed by atoms with Crippen molar-refractivity contribution in [2.75, 3.05) is 26.2 Å². The second-order valence-corrected chi connectivity index (χ2v) is 4.10. The van der Waals surface area contributed by atoms with Gasteiger partial charge in [-0.25, -0.2) is 0 Å². The molecule has 3 nitrogen and oxygen atoms in total. The van der Waals surface area contributed by atoms with Crippen LogP contribution in [0.4, 0.5) is 0 Å². The molecule has 0 aromatic heterocycles. The van der Waals surface area contributed by atoms with Crippen molar-refractivity contribution < 1.29 is 4.79 Å². The van der Waals surface area contributed by atoms with Gasteiger partial charge in [-0.15, -0.1) is 6.42 Å². The van der Waals surface area contributed by atoms with Gasteiger partial charge in [-0.05, 0) is 31.7 Å². The Morgan fingerprint density at radius 2 is 2.33 bits per heavy atom. The molecule has 0 bridgehead atoms. The number of amides is 1. The minimum atomic E-state index is 0.133. The Kier molecular flexibility index (Phi) is 5.20.